The molecule has 6 aromatic rings. The first-order valence-electron chi connectivity index (χ1n) is 34.9. The summed E-state index contributed by atoms with van der Waals surface area (Å²) in [4.78, 5) is 42.7. The molecule has 3 aliphatic heterocycles. The molecule has 0 spiro atoms. The predicted molar refractivity (Wildman–Crippen MR) is 382 cm³/mol. The molecule has 3 atom stereocenters. The number of aliphatic hydroxyl groups is 3. The van der Waals surface area contributed by atoms with Crippen LogP contribution >= 0.6 is 0 Å². The molecule has 3 heterocycles. The number of aliphatic hydroxyl groups excluding tert-OH is 3. The third-order valence-electron chi connectivity index (χ3n) is 17.1. The number of hydrogen-bond donors (Lipinski definition) is 9. The van der Waals surface area contributed by atoms with Gasteiger partial charge in [0.2, 0.25) is 0 Å². The fraction of sp³-hybridized carbons (Fsp3) is 0.480. The van der Waals surface area contributed by atoms with Gasteiger partial charge in [0.05, 0.1) is 33.8 Å². The number of rotatable bonds is 39. The maximum absolute atomic E-state index is 12.4. The number of primary amides is 3. The lowest BCUT2D eigenvalue weighted by Crippen LogP contribution is -2.32. The lowest BCUT2D eigenvalue weighted by atomic mass is 9.98. The van der Waals surface area contributed by atoms with Crippen molar-refractivity contribution in [1.82, 2.24) is 16.0 Å². The monoisotopic (exact) mass is 1490 g/mol. The van der Waals surface area contributed by atoms with Gasteiger partial charge in [0.15, 0.2) is 54.3 Å². The third-order valence-corrected chi connectivity index (χ3v) is 17.1. The second-order valence-corrected chi connectivity index (χ2v) is 25.8. The first-order chi connectivity index (χ1) is 50.0. The number of anilines is 3. The number of fused-ring (bicyclic) bond motifs is 3. The van der Waals surface area contributed by atoms with Crippen molar-refractivity contribution in [2.45, 2.75) is 115 Å². The number of benzene rings is 6. The van der Waals surface area contributed by atoms with Crippen molar-refractivity contribution < 1.29 is 97.6 Å². The standard InChI is InChI=1S/3C25H32F3N3O4/c3*1-17(30-8-12-34-21-5-2-3-6-22(21)35-16-25(26,27)28)13-18-14-19-7-10-31(9-4-11-32)23(19)20(15-18)24(29)33/h3*2-3,5-6,14-15,17,30,32H,4,7-13,16H2,1H3,(H2,29,33)/t3*17-/m111/s1. The summed E-state index contributed by atoms with van der Waals surface area (Å²) in [5.41, 5.74) is 27.3. The minimum atomic E-state index is -4.42. The second kappa shape index (κ2) is 40.5. The van der Waals surface area contributed by atoms with Gasteiger partial charge in [-0.25, -0.2) is 0 Å². The number of amides is 3. The highest BCUT2D eigenvalue weighted by atomic mass is 19.4. The van der Waals surface area contributed by atoms with Crippen molar-refractivity contribution >= 4 is 34.8 Å². The zero-order valence-electron chi connectivity index (χ0n) is 59.2. The van der Waals surface area contributed by atoms with Crippen LogP contribution in [0.3, 0.4) is 0 Å². The number of hydrogen-bond acceptors (Lipinski definition) is 18. The fourth-order valence-electron chi connectivity index (χ4n) is 12.7. The van der Waals surface area contributed by atoms with E-state index in [4.69, 9.17) is 60.9 Å². The summed E-state index contributed by atoms with van der Waals surface area (Å²) in [5, 5.41) is 37.4. The number of nitrogens with two attached hydrogens (primary N) is 3. The van der Waals surface area contributed by atoms with Crippen LogP contribution in [0.15, 0.2) is 109 Å². The third kappa shape index (κ3) is 27.2. The molecule has 0 saturated carbocycles. The quantitative estimate of drug-likeness (QED) is 0.0128. The van der Waals surface area contributed by atoms with Crippen molar-refractivity contribution in [2.24, 2.45) is 17.2 Å². The Labute approximate surface area is 605 Å². The van der Waals surface area contributed by atoms with E-state index >= 15 is 0 Å². The van der Waals surface area contributed by atoms with Gasteiger partial charge in [-0.2, -0.15) is 39.5 Å². The number of carbonyl (C=O) groups is 3. The van der Waals surface area contributed by atoms with Gasteiger partial charge in [-0.3, -0.25) is 14.4 Å². The SMILES string of the molecule is C[C@H](Cc1cc2c(c(C(N)=O)c1)N(CCCO)CC2)NCCOc1ccccc1OCC(F)(F)F.C[C@H](Cc1cc2c(c(C(N)=O)c1)N(CCCO)CC2)NCCOc1ccccc1OCC(F)(F)F.C[C@H](Cc1cc2c(c(C(N)=O)c1)N(CCCO)CC2)NCCOc1ccccc1OCC(F)(F)F. The number of ether oxygens (including phenoxy) is 6. The summed E-state index contributed by atoms with van der Waals surface area (Å²) < 4.78 is 143. The largest absolute Gasteiger partial charge is 0.488 e. The van der Waals surface area contributed by atoms with Gasteiger partial charge in [0.1, 0.15) is 19.8 Å². The Morgan fingerprint density at radius 2 is 0.648 bits per heavy atom. The smallest absolute Gasteiger partial charge is 0.422 e. The highest BCUT2D eigenvalue weighted by Crippen LogP contribution is 2.38. The summed E-state index contributed by atoms with van der Waals surface area (Å²) in [7, 11) is 0. The topological polar surface area (TPSA) is 291 Å². The number of alkyl halides is 9. The van der Waals surface area contributed by atoms with Crippen LogP contribution in [-0.2, 0) is 38.5 Å². The summed E-state index contributed by atoms with van der Waals surface area (Å²) >= 11 is 0. The van der Waals surface area contributed by atoms with Crippen LogP contribution in [0.2, 0.25) is 0 Å². The molecule has 3 aliphatic rings. The van der Waals surface area contributed by atoms with E-state index in [1.165, 1.54) is 18.2 Å². The van der Waals surface area contributed by atoms with E-state index in [2.05, 4.69) is 48.8 Å². The Balaban J connectivity index is 0.000000220. The Kier molecular flexibility index (Phi) is 32.2. The van der Waals surface area contributed by atoms with Gasteiger partial charge in [-0.15, -0.1) is 0 Å². The van der Waals surface area contributed by atoms with Crippen LogP contribution in [0.4, 0.5) is 56.6 Å². The van der Waals surface area contributed by atoms with E-state index in [0.29, 0.717) is 94.5 Å². The molecule has 576 valence electrons. The lowest BCUT2D eigenvalue weighted by molar-refractivity contribution is -0.154. The van der Waals surface area contributed by atoms with Gasteiger partial charge < -0.3 is 91.6 Å². The van der Waals surface area contributed by atoms with Gasteiger partial charge in [-0.1, -0.05) is 54.6 Å². The average Bonchev–Trinajstić information content (AvgIpc) is 1.68. The van der Waals surface area contributed by atoms with Crippen LogP contribution in [0.1, 0.15) is 104 Å². The number of halogens is 9. The van der Waals surface area contributed by atoms with E-state index in [1.807, 2.05) is 39.0 Å². The van der Waals surface area contributed by atoms with Crippen molar-refractivity contribution in [3.05, 3.63) is 159 Å². The van der Waals surface area contributed by atoms with Crippen LogP contribution in [0.25, 0.3) is 0 Å². The first-order valence-corrected chi connectivity index (χ1v) is 34.9. The zero-order chi connectivity index (χ0) is 76.3. The predicted octanol–water partition coefficient (Wildman–Crippen LogP) is 9.21. The Morgan fingerprint density at radius 1 is 0.410 bits per heavy atom. The van der Waals surface area contributed by atoms with E-state index < -0.39 is 56.1 Å². The maximum atomic E-state index is 12.4. The number of nitrogens with one attached hydrogen (secondary N) is 3. The summed E-state index contributed by atoms with van der Waals surface area (Å²) in [6, 6.07) is 30.7. The van der Waals surface area contributed by atoms with Crippen LogP contribution in [-0.4, -0.2) is 188 Å². The molecular formula is C75H96F9N9O12. The molecular weight excluding hydrogens is 1390 g/mol. The highest BCUT2D eigenvalue weighted by molar-refractivity contribution is 6.01. The molecule has 3 amide bonds. The number of carbonyl (C=O) groups excluding carboxylic acids is 3. The minimum Gasteiger partial charge on any atom is -0.488 e. The maximum Gasteiger partial charge on any atom is 0.422 e. The summed E-state index contributed by atoms with van der Waals surface area (Å²) in [6.45, 7) is 8.68. The molecule has 0 radical (unpaired) electrons. The van der Waals surface area contributed by atoms with Crippen molar-refractivity contribution in [3.63, 3.8) is 0 Å². The molecule has 0 aliphatic carbocycles. The van der Waals surface area contributed by atoms with Crippen molar-refractivity contribution in [3.8, 4) is 34.5 Å². The molecule has 105 heavy (non-hydrogen) atoms. The van der Waals surface area contributed by atoms with E-state index in [1.54, 1.807) is 54.6 Å². The van der Waals surface area contributed by atoms with Gasteiger partial charge in [0.25, 0.3) is 17.7 Å². The van der Waals surface area contributed by atoms with Crippen LogP contribution < -0.4 is 76.3 Å². The Bertz CT molecular complexity index is 3380. The van der Waals surface area contributed by atoms with E-state index in [9.17, 15) is 53.9 Å². The molecule has 0 saturated heterocycles. The highest BCUT2D eigenvalue weighted by Gasteiger charge is 2.33. The zero-order valence-corrected chi connectivity index (χ0v) is 59.2. The molecule has 30 heteroatoms. The lowest BCUT2D eigenvalue weighted by Gasteiger charge is -2.22. The van der Waals surface area contributed by atoms with E-state index in [0.717, 1.165) is 89.3 Å². The molecule has 21 nitrogen and oxygen atoms in total. The average molecular weight is 1490 g/mol. The second-order valence-electron chi connectivity index (χ2n) is 25.8. The Morgan fingerprint density at radius 3 is 0.867 bits per heavy atom. The fourth-order valence-corrected chi connectivity index (χ4v) is 12.7. The molecule has 6 aromatic carbocycles. The van der Waals surface area contributed by atoms with E-state index in [-0.39, 0.29) is 92.3 Å². The molecule has 0 aromatic heterocycles. The van der Waals surface area contributed by atoms with Crippen LogP contribution in [0.5, 0.6) is 34.5 Å². The summed E-state index contributed by atoms with van der Waals surface area (Å²) in [5.74, 6) is -0.530. The molecule has 0 bridgehead atoms. The van der Waals surface area contributed by atoms with Crippen molar-refractivity contribution in [1.29, 1.82) is 0 Å². The normalized spacial score (nSPS) is 14.0. The van der Waals surface area contributed by atoms with Gasteiger partial charge in [0, 0.05) is 96.8 Å². The Hall–Kier alpha value is -8.94. The molecule has 9 rings (SSSR count). The minimum absolute atomic E-state index is 0.0445. The number of para-hydroxylation sites is 6. The van der Waals surface area contributed by atoms with Gasteiger partial charge in [-0.05, 0) is 167 Å². The molecule has 0 fully saturated rings. The summed E-state index contributed by atoms with van der Waals surface area (Å²) in [6.07, 6.45) is -6.94. The molecule has 12 N–H and O–H groups in total. The van der Waals surface area contributed by atoms with Gasteiger partial charge >= 0.3 is 18.5 Å². The van der Waals surface area contributed by atoms with Crippen molar-refractivity contribution in [2.75, 3.05) is 133 Å². The molecule has 0 unspecified atom stereocenters. The van der Waals surface area contributed by atoms with Crippen LogP contribution in [0, 0.1) is 0 Å². The first kappa shape index (κ1) is 83.3. The number of nitrogens with zero attached hydrogens (tertiary/aromatic N) is 3.